The quantitative estimate of drug-likeness (QED) is 0.791. The van der Waals surface area contributed by atoms with Gasteiger partial charge >= 0.3 is 5.97 Å². The topological polar surface area (TPSA) is 74.3 Å². The summed E-state index contributed by atoms with van der Waals surface area (Å²) in [6, 6.07) is 1.04. The van der Waals surface area contributed by atoms with Crippen LogP contribution in [0.4, 0.5) is 8.78 Å². The van der Waals surface area contributed by atoms with E-state index in [1.165, 1.54) is 17.8 Å². The van der Waals surface area contributed by atoms with E-state index in [0.717, 1.165) is 31.7 Å². The molecule has 1 aromatic carbocycles. The van der Waals surface area contributed by atoms with Crippen molar-refractivity contribution in [2.45, 2.75) is 51.5 Å². The van der Waals surface area contributed by atoms with Gasteiger partial charge in [-0.25, -0.2) is 13.6 Å². The van der Waals surface area contributed by atoms with Crippen LogP contribution >= 0.6 is 0 Å². The number of nitrogens with two attached hydrogens (primary N) is 1. The van der Waals surface area contributed by atoms with Crippen molar-refractivity contribution in [3.63, 3.8) is 0 Å². The molecule has 0 saturated heterocycles. The maximum atomic E-state index is 14.7. The highest BCUT2D eigenvalue weighted by atomic mass is 19.1. The molecule has 7 heteroatoms. The number of pyridine rings is 1. The molecule has 0 unspecified atom stereocenters. The van der Waals surface area contributed by atoms with Crippen LogP contribution in [0.2, 0.25) is 0 Å². The first-order chi connectivity index (χ1) is 13.3. The molecule has 1 saturated carbocycles. The van der Waals surface area contributed by atoms with E-state index in [-0.39, 0.29) is 34.7 Å². The number of carbonyl (C=O) groups is 1. The molecule has 0 spiro atoms. The van der Waals surface area contributed by atoms with E-state index in [9.17, 15) is 18.4 Å². The number of fused-ring (bicyclic) bond motifs is 1. The molecule has 1 aromatic heterocycles. The van der Waals surface area contributed by atoms with Crippen LogP contribution in [0, 0.1) is 17.6 Å². The first kappa shape index (κ1) is 20.5. The van der Waals surface area contributed by atoms with E-state index < -0.39 is 23.0 Å². The molecule has 1 fully saturated rings. The number of benzene rings is 1. The molecular weight excluding hydrogens is 366 g/mol. The zero-order valence-corrected chi connectivity index (χ0v) is 16.3. The minimum atomic E-state index is -0.824. The number of carbonyl (C=O) groups excluding carboxylic acids is 1. The molecular formula is C21H26F2N2O3. The Morgan fingerprint density at radius 2 is 1.93 bits per heavy atom. The second-order valence-corrected chi connectivity index (χ2v) is 7.57. The van der Waals surface area contributed by atoms with Crippen molar-refractivity contribution in [3.8, 4) is 0 Å². The van der Waals surface area contributed by atoms with Gasteiger partial charge in [-0.1, -0.05) is 0 Å². The largest absolute Gasteiger partial charge is 0.462 e. The third kappa shape index (κ3) is 3.94. The van der Waals surface area contributed by atoms with Crippen molar-refractivity contribution in [2.24, 2.45) is 18.7 Å². The van der Waals surface area contributed by atoms with Crippen LogP contribution in [-0.4, -0.2) is 23.2 Å². The first-order valence-electron chi connectivity index (χ1n) is 9.76. The number of ether oxygens (including phenoxy) is 1. The summed E-state index contributed by atoms with van der Waals surface area (Å²) in [6.07, 6.45) is 6.05. The van der Waals surface area contributed by atoms with Gasteiger partial charge in [0.2, 0.25) is 5.43 Å². The van der Waals surface area contributed by atoms with Crippen LogP contribution in [0.5, 0.6) is 0 Å². The van der Waals surface area contributed by atoms with Crippen molar-refractivity contribution in [2.75, 3.05) is 6.61 Å². The van der Waals surface area contributed by atoms with Crippen molar-refractivity contribution in [1.82, 2.24) is 4.57 Å². The number of rotatable bonds is 5. The van der Waals surface area contributed by atoms with Gasteiger partial charge in [0.15, 0.2) is 5.82 Å². The summed E-state index contributed by atoms with van der Waals surface area (Å²) in [5, 5.41) is -0.0712. The molecule has 1 aliphatic rings. The van der Waals surface area contributed by atoms with Gasteiger partial charge in [-0.2, -0.15) is 0 Å². The lowest BCUT2D eigenvalue weighted by Gasteiger charge is -2.26. The first-order valence-corrected chi connectivity index (χ1v) is 9.76. The van der Waals surface area contributed by atoms with Gasteiger partial charge in [-0.05, 0) is 51.4 Å². The lowest BCUT2D eigenvalue weighted by atomic mass is 9.82. The predicted octanol–water partition coefficient (Wildman–Crippen LogP) is 3.44. The van der Waals surface area contributed by atoms with Gasteiger partial charge in [-0.3, -0.25) is 4.79 Å². The van der Waals surface area contributed by atoms with Crippen molar-refractivity contribution >= 4 is 16.9 Å². The molecule has 0 amide bonds. The monoisotopic (exact) mass is 392 g/mol. The summed E-state index contributed by atoms with van der Waals surface area (Å²) in [5.74, 6) is -1.97. The maximum Gasteiger partial charge on any atom is 0.343 e. The zero-order valence-electron chi connectivity index (χ0n) is 16.3. The normalized spacial score (nSPS) is 19.8. The Kier molecular flexibility index (Phi) is 6.13. The molecule has 0 bridgehead atoms. The minimum absolute atomic E-state index is 0.000106. The number of hydrogen-bond donors (Lipinski definition) is 1. The molecule has 1 aliphatic carbocycles. The average Bonchev–Trinajstić information content (AvgIpc) is 2.65. The van der Waals surface area contributed by atoms with Gasteiger partial charge in [0.05, 0.1) is 17.5 Å². The van der Waals surface area contributed by atoms with Gasteiger partial charge < -0.3 is 15.0 Å². The van der Waals surface area contributed by atoms with Gasteiger partial charge in [-0.15, -0.1) is 0 Å². The molecule has 0 atom stereocenters. The average molecular weight is 392 g/mol. The molecule has 0 radical (unpaired) electrons. The summed E-state index contributed by atoms with van der Waals surface area (Å²) in [7, 11) is 1.53. The minimum Gasteiger partial charge on any atom is -0.462 e. The summed E-state index contributed by atoms with van der Waals surface area (Å²) < 4.78 is 35.4. The van der Waals surface area contributed by atoms with Crippen LogP contribution < -0.4 is 11.2 Å². The second kappa shape index (κ2) is 8.39. The highest BCUT2D eigenvalue weighted by Crippen LogP contribution is 2.30. The van der Waals surface area contributed by atoms with Crippen molar-refractivity contribution in [1.29, 1.82) is 0 Å². The van der Waals surface area contributed by atoms with Crippen molar-refractivity contribution in [3.05, 3.63) is 45.2 Å². The fraction of sp³-hybridized carbons (Fsp3) is 0.524. The van der Waals surface area contributed by atoms with Crippen LogP contribution in [0.25, 0.3) is 10.9 Å². The Morgan fingerprint density at radius 1 is 1.25 bits per heavy atom. The SMILES string of the molecule is CCOC(=O)c1cn(C)c2c(F)cc(F)c(CC[C@H]3CC[C@H](N)CC3)c2c1=O. The van der Waals surface area contributed by atoms with E-state index in [1.54, 1.807) is 6.92 Å². The predicted molar refractivity (Wildman–Crippen MR) is 103 cm³/mol. The Labute approximate surface area is 162 Å². The highest BCUT2D eigenvalue weighted by Gasteiger charge is 2.24. The molecule has 152 valence electrons. The van der Waals surface area contributed by atoms with Crippen LogP contribution in [-0.2, 0) is 18.2 Å². The fourth-order valence-corrected chi connectivity index (χ4v) is 4.11. The Balaban J connectivity index is 2.05. The molecule has 2 N–H and O–H groups in total. The summed E-state index contributed by atoms with van der Waals surface area (Å²) in [6.45, 7) is 1.73. The number of nitrogens with zero attached hydrogens (tertiary/aromatic N) is 1. The van der Waals surface area contributed by atoms with E-state index in [1.807, 2.05) is 0 Å². The highest BCUT2D eigenvalue weighted by molar-refractivity contribution is 5.95. The van der Waals surface area contributed by atoms with Crippen LogP contribution in [0.3, 0.4) is 0 Å². The van der Waals surface area contributed by atoms with Gasteiger partial charge in [0.25, 0.3) is 0 Å². The summed E-state index contributed by atoms with van der Waals surface area (Å²) >= 11 is 0. The number of hydrogen-bond acceptors (Lipinski definition) is 4. The van der Waals surface area contributed by atoms with E-state index in [0.29, 0.717) is 18.8 Å². The summed E-state index contributed by atoms with van der Waals surface area (Å²) in [4.78, 5) is 25.1. The zero-order chi connectivity index (χ0) is 20.4. The lowest BCUT2D eigenvalue weighted by Crippen LogP contribution is -2.27. The molecule has 1 heterocycles. The number of esters is 1. The fourth-order valence-electron chi connectivity index (χ4n) is 4.11. The maximum absolute atomic E-state index is 14.7. The Hall–Kier alpha value is -2.28. The number of aromatic nitrogens is 1. The standard InChI is InChI=1S/C21H26F2N2O3/c1-3-28-21(27)15-11-25(2)19-17(23)10-16(22)14(18(19)20(15)26)9-6-12-4-7-13(24)8-5-12/h10-13H,3-9,24H2,1-2H3/t12-,13-. The Morgan fingerprint density at radius 3 is 2.57 bits per heavy atom. The molecule has 28 heavy (non-hydrogen) atoms. The van der Waals surface area contributed by atoms with E-state index in [4.69, 9.17) is 10.5 Å². The molecule has 0 aliphatic heterocycles. The number of aryl methyl sites for hydroxylation is 2. The Bertz CT molecular complexity index is 947. The van der Waals surface area contributed by atoms with E-state index in [2.05, 4.69) is 0 Å². The van der Waals surface area contributed by atoms with Gasteiger partial charge in [0.1, 0.15) is 11.4 Å². The third-order valence-electron chi connectivity index (χ3n) is 5.64. The molecule has 3 rings (SSSR count). The molecule has 5 nitrogen and oxygen atoms in total. The van der Waals surface area contributed by atoms with Crippen LogP contribution in [0.15, 0.2) is 17.1 Å². The molecule has 2 aromatic rings. The van der Waals surface area contributed by atoms with E-state index >= 15 is 0 Å². The smallest absolute Gasteiger partial charge is 0.343 e. The van der Waals surface area contributed by atoms with Gasteiger partial charge in [0, 0.05) is 30.9 Å². The second-order valence-electron chi connectivity index (χ2n) is 7.57. The summed E-state index contributed by atoms with van der Waals surface area (Å²) in [5.41, 5.74) is 5.20. The van der Waals surface area contributed by atoms with Crippen LogP contribution in [0.1, 0.15) is 54.9 Å². The van der Waals surface area contributed by atoms with Crippen molar-refractivity contribution < 1.29 is 18.3 Å². The lowest BCUT2D eigenvalue weighted by molar-refractivity contribution is 0.0524. The third-order valence-corrected chi connectivity index (χ3v) is 5.64. The number of halogens is 2.